The third kappa shape index (κ3) is 3.55. The summed E-state index contributed by atoms with van der Waals surface area (Å²) in [6, 6.07) is 5.81. The van der Waals surface area contributed by atoms with E-state index in [1.807, 2.05) is 0 Å². The zero-order valence-corrected chi connectivity index (χ0v) is 10.3. The van der Waals surface area contributed by atoms with Gasteiger partial charge < -0.3 is 4.90 Å². The van der Waals surface area contributed by atoms with E-state index in [9.17, 15) is 14.9 Å². The SMILES string of the molecule is CC(=NOC(=O)N(C)C)c1ccc([N+](=O)[O-])cc1. The smallest absolute Gasteiger partial charge is 0.312 e. The molecule has 0 spiro atoms. The number of nitro benzene ring substituents is 1. The van der Waals surface area contributed by atoms with Crippen LogP contribution >= 0.6 is 0 Å². The van der Waals surface area contributed by atoms with Gasteiger partial charge in [-0.05, 0) is 24.6 Å². The Morgan fingerprint density at radius 3 is 2.33 bits per heavy atom. The van der Waals surface area contributed by atoms with Crippen molar-refractivity contribution in [2.75, 3.05) is 14.1 Å². The van der Waals surface area contributed by atoms with Gasteiger partial charge in [0.05, 0.1) is 10.6 Å². The van der Waals surface area contributed by atoms with E-state index in [1.54, 1.807) is 33.2 Å². The van der Waals surface area contributed by atoms with Gasteiger partial charge in [0.25, 0.3) is 5.69 Å². The Balaban J connectivity index is 2.78. The number of oxime groups is 1. The summed E-state index contributed by atoms with van der Waals surface area (Å²) in [5.74, 6) is 0. The summed E-state index contributed by atoms with van der Waals surface area (Å²) in [5.41, 5.74) is 1.10. The van der Waals surface area contributed by atoms with Gasteiger partial charge in [-0.15, -0.1) is 0 Å². The monoisotopic (exact) mass is 251 g/mol. The van der Waals surface area contributed by atoms with Crippen LogP contribution in [-0.4, -0.2) is 35.7 Å². The Kier molecular flexibility index (Phi) is 4.36. The molecule has 0 aliphatic rings. The first-order valence-corrected chi connectivity index (χ1v) is 5.09. The molecule has 7 heteroatoms. The molecule has 1 amide bonds. The average Bonchev–Trinajstić information content (AvgIpc) is 2.35. The molecule has 7 nitrogen and oxygen atoms in total. The Bertz CT molecular complexity index is 480. The Labute approximate surface area is 104 Å². The van der Waals surface area contributed by atoms with Gasteiger partial charge in [0.2, 0.25) is 0 Å². The van der Waals surface area contributed by atoms with E-state index in [1.165, 1.54) is 17.0 Å². The summed E-state index contributed by atoms with van der Waals surface area (Å²) >= 11 is 0. The lowest BCUT2D eigenvalue weighted by atomic mass is 10.1. The largest absolute Gasteiger partial charge is 0.435 e. The number of nitrogens with zero attached hydrogens (tertiary/aromatic N) is 3. The summed E-state index contributed by atoms with van der Waals surface area (Å²) < 4.78 is 0. The minimum atomic E-state index is -0.587. The summed E-state index contributed by atoms with van der Waals surface area (Å²) in [6.07, 6.45) is -0.587. The second-order valence-corrected chi connectivity index (χ2v) is 3.73. The van der Waals surface area contributed by atoms with Crippen molar-refractivity contribution in [1.29, 1.82) is 0 Å². The highest BCUT2D eigenvalue weighted by Crippen LogP contribution is 2.12. The molecule has 0 fully saturated rings. The lowest BCUT2D eigenvalue weighted by Gasteiger charge is -2.06. The van der Waals surface area contributed by atoms with Crippen LogP contribution in [0.5, 0.6) is 0 Å². The van der Waals surface area contributed by atoms with Crippen LogP contribution in [0.2, 0.25) is 0 Å². The number of rotatable bonds is 3. The van der Waals surface area contributed by atoms with Crippen LogP contribution in [0.4, 0.5) is 10.5 Å². The molecule has 0 N–H and O–H groups in total. The summed E-state index contributed by atoms with van der Waals surface area (Å²) in [7, 11) is 3.08. The fourth-order valence-corrected chi connectivity index (χ4v) is 1.07. The molecule has 0 aromatic heterocycles. The number of amides is 1. The van der Waals surface area contributed by atoms with Gasteiger partial charge >= 0.3 is 6.09 Å². The van der Waals surface area contributed by atoms with Crippen LogP contribution in [0.25, 0.3) is 0 Å². The van der Waals surface area contributed by atoms with Crippen molar-refractivity contribution in [3.05, 3.63) is 39.9 Å². The Morgan fingerprint density at radius 2 is 1.89 bits per heavy atom. The molecule has 0 bridgehead atoms. The van der Waals surface area contributed by atoms with E-state index >= 15 is 0 Å². The van der Waals surface area contributed by atoms with Crippen molar-refractivity contribution in [1.82, 2.24) is 4.90 Å². The van der Waals surface area contributed by atoms with E-state index < -0.39 is 11.0 Å². The molecule has 0 atom stereocenters. The van der Waals surface area contributed by atoms with Gasteiger partial charge in [0.15, 0.2) is 0 Å². The standard InChI is InChI=1S/C11H13N3O4/c1-8(12-18-11(15)13(2)3)9-4-6-10(7-5-9)14(16)17/h4-7H,1-3H3. The number of carbonyl (C=O) groups excluding carboxylic acids is 1. The van der Waals surface area contributed by atoms with Crippen molar-refractivity contribution in [3.8, 4) is 0 Å². The second kappa shape index (κ2) is 5.76. The van der Waals surface area contributed by atoms with Gasteiger partial charge in [-0.3, -0.25) is 15.0 Å². The highest BCUT2D eigenvalue weighted by molar-refractivity contribution is 5.98. The molecular weight excluding hydrogens is 238 g/mol. The highest BCUT2D eigenvalue weighted by Gasteiger charge is 2.07. The van der Waals surface area contributed by atoms with Crippen LogP contribution < -0.4 is 0 Å². The molecular formula is C11H13N3O4. The molecule has 1 aromatic carbocycles. The van der Waals surface area contributed by atoms with Crippen LogP contribution in [0.3, 0.4) is 0 Å². The van der Waals surface area contributed by atoms with Crippen LogP contribution in [-0.2, 0) is 4.84 Å². The number of nitro groups is 1. The van der Waals surface area contributed by atoms with Crippen molar-refractivity contribution in [2.24, 2.45) is 5.16 Å². The Hall–Kier alpha value is -2.44. The molecule has 18 heavy (non-hydrogen) atoms. The van der Waals surface area contributed by atoms with Crippen molar-refractivity contribution >= 4 is 17.5 Å². The number of benzene rings is 1. The van der Waals surface area contributed by atoms with Gasteiger partial charge in [0, 0.05) is 26.2 Å². The first-order chi connectivity index (χ1) is 8.41. The quantitative estimate of drug-likeness (QED) is 0.356. The lowest BCUT2D eigenvalue weighted by molar-refractivity contribution is -0.384. The van der Waals surface area contributed by atoms with Gasteiger partial charge in [0.1, 0.15) is 0 Å². The van der Waals surface area contributed by atoms with Crippen LogP contribution in [0.1, 0.15) is 12.5 Å². The van der Waals surface area contributed by atoms with Crippen molar-refractivity contribution < 1.29 is 14.6 Å². The normalized spacial score (nSPS) is 10.9. The molecule has 0 unspecified atom stereocenters. The van der Waals surface area contributed by atoms with E-state index in [4.69, 9.17) is 0 Å². The fraction of sp³-hybridized carbons (Fsp3) is 0.273. The average molecular weight is 251 g/mol. The molecule has 0 saturated heterocycles. The predicted molar refractivity (Wildman–Crippen MR) is 65.5 cm³/mol. The zero-order valence-electron chi connectivity index (χ0n) is 10.3. The maximum absolute atomic E-state index is 11.1. The third-order valence-corrected chi connectivity index (χ3v) is 2.12. The molecule has 1 aromatic rings. The molecule has 0 aliphatic carbocycles. The van der Waals surface area contributed by atoms with E-state index in [-0.39, 0.29) is 5.69 Å². The van der Waals surface area contributed by atoms with Gasteiger partial charge in [-0.2, -0.15) is 0 Å². The number of hydrogen-bond acceptors (Lipinski definition) is 5. The molecule has 0 saturated carbocycles. The minimum Gasteiger partial charge on any atom is -0.312 e. The molecule has 0 heterocycles. The van der Waals surface area contributed by atoms with E-state index in [0.29, 0.717) is 11.3 Å². The number of hydrogen-bond donors (Lipinski definition) is 0. The third-order valence-electron chi connectivity index (χ3n) is 2.12. The first kappa shape index (κ1) is 13.6. The molecule has 0 radical (unpaired) electrons. The van der Waals surface area contributed by atoms with Gasteiger partial charge in [-0.25, -0.2) is 4.79 Å². The fourth-order valence-electron chi connectivity index (χ4n) is 1.07. The van der Waals surface area contributed by atoms with E-state index in [0.717, 1.165) is 0 Å². The maximum Gasteiger partial charge on any atom is 0.435 e. The molecule has 0 aliphatic heterocycles. The van der Waals surface area contributed by atoms with Crippen LogP contribution in [0, 0.1) is 10.1 Å². The Morgan fingerprint density at radius 1 is 1.33 bits per heavy atom. The number of carbonyl (C=O) groups is 1. The molecule has 1 rings (SSSR count). The summed E-state index contributed by atoms with van der Waals surface area (Å²) in [6.45, 7) is 1.64. The van der Waals surface area contributed by atoms with E-state index in [2.05, 4.69) is 9.99 Å². The number of non-ortho nitro benzene ring substituents is 1. The van der Waals surface area contributed by atoms with Crippen molar-refractivity contribution in [2.45, 2.75) is 6.92 Å². The topological polar surface area (TPSA) is 85.0 Å². The minimum absolute atomic E-state index is 0.00293. The predicted octanol–water partition coefficient (Wildman–Crippen LogP) is 2.02. The lowest BCUT2D eigenvalue weighted by Crippen LogP contribution is -2.21. The zero-order chi connectivity index (χ0) is 13.7. The van der Waals surface area contributed by atoms with Crippen LogP contribution in [0.15, 0.2) is 29.4 Å². The highest BCUT2D eigenvalue weighted by atomic mass is 16.7. The summed E-state index contributed by atoms with van der Waals surface area (Å²) in [5, 5.41) is 14.1. The maximum atomic E-state index is 11.1. The second-order valence-electron chi connectivity index (χ2n) is 3.73. The molecule has 96 valence electrons. The van der Waals surface area contributed by atoms with Crippen molar-refractivity contribution in [3.63, 3.8) is 0 Å². The van der Waals surface area contributed by atoms with Gasteiger partial charge in [-0.1, -0.05) is 5.16 Å². The first-order valence-electron chi connectivity index (χ1n) is 5.09. The summed E-state index contributed by atoms with van der Waals surface area (Å²) in [4.78, 5) is 27.0.